The van der Waals surface area contributed by atoms with E-state index in [-0.39, 0.29) is 24.7 Å². The van der Waals surface area contributed by atoms with Gasteiger partial charge in [0.25, 0.3) is 0 Å². The van der Waals surface area contributed by atoms with E-state index in [0.29, 0.717) is 33.5 Å². The Balaban J connectivity index is 1.09. The lowest BCUT2D eigenvalue weighted by Gasteiger charge is -2.25. The zero-order valence-corrected chi connectivity index (χ0v) is 21.0. The average Bonchev–Trinajstić information content (AvgIpc) is 3.55. The number of amides is 2. The first-order chi connectivity index (χ1) is 17.6. The summed E-state index contributed by atoms with van der Waals surface area (Å²) >= 11 is 2.87. The van der Waals surface area contributed by atoms with Gasteiger partial charge in [0, 0.05) is 35.6 Å². The SMILES string of the molecule is O=C(Cc1ccccn1)Nc1nnc([C@H]2CC[C@@H](c3nnc(NC(=O)Cc4ccccn4)s3)CC2)s1. The quantitative estimate of drug-likeness (QED) is 0.356. The van der Waals surface area contributed by atoms with Crippen LogP contribution in [-0.4, -0.2) is 42.2 Å². The maximum atomic E-state index is 12.3. The van der Waals surface area contributed by atoms with Gasteiger partial charge in [-0.2, -0.15) is 0 Å². The van der Waals surface area contributed by atoms with Crippen molar-refractivity contribution in [2.75, 3.05) is 10.6 Å². The summed E-state index contributed by atoms with van der Waals surface area (Å²) in [5.41, 5.74) is 1.43. The predicted octanol–water partition coefficient (Wildman–Crippen LogP) is 3.98. The molecule has 2 amide bonds. The van der Waals surface area contributed by atoms with Gasteiger partial charge in [0.1, 0.15) is 10.0 Å². The number of aromatic nitrogens is 6. The van der Waals surface area contributed by atoms with Crippen molar-refractivity contribution in [1.82, 2.24) is 30.4 Å². The zero-order valence-electron chi connectivity index (χ0n) is 19.3. The molecular weight excluding hydrogens is 496 g/mol. The highest BCUT2D eigenvalue weighted by molar-refractivity contribution is 7.15. The van der Waals surface area contributed by atoms with E-state index >= 15 is 0 Å². The molecule has 36 heavy (non-hydrogen) atoms. The van der Waals surface area contributed by atoms with Gasteiger partial charge < -0.3 is 10.6 Å². The monoisotopic (exact) mass is 520 g/mol. The Morgan fingerprint density at radius 1 is 0.694 bits per heavy atom. The van der Waals surface area contributed by atoms with Crippen LogP contribution in [0.1, 0.15) is 58.9 Å². The molecule has 4 aromatic rings. The van der Waals surface area contributed by atoms with Gasteiger partial charge in [-0.05, 0) is 49.9 Å². The Kier molecular flexibility index (Phi) is 7.62. The first-order valence-corrected chi connectivity index (χ1v) is 13.3. The summed E-state index contributed by atoms with van der Waals surface area (Å²) in [6.45, 7) is 0. The Morgan fingerprint density at radius 2 is 1.14 bits per heavy atom. The number of carbonyl (C=O) groups is 2. The predicted molar refractivity (Wildman–Crippen MR) is 137 cm³/mol. The summed E-state index contributed by atoms with van der Waals surface area (Å²) in [4.78, 5) is 32.9. The smallest absolute Gasteiger partial charge is 0.232 e. The Morgan fingerprint density at radius 3 is 1.53 bits per heavy atom. The fraction of sp³-hybridized carbons (Fsp3) is 0.333. The fourth-order valence-corrected chi connectivity index (χ4v) is 6.01. The number of hydrogen-bond donors (Lipinski definition) is 2. The van der Waals surface area contributed by atoms with Crippen LogP contribution < -0.4 is 10.6 Å². The lowest BCUT2D eigenvalue weighted by molar-refractivity contribution is -0.116. The third kappa shape index (κ3) is 6.32. The summed E-state index contributed by atoms with van der Waals surface area (Å²) in [5, 5.41) is 25.6. The van der Waals surface area contributed by atoms with Crippen molar-refractivity contribution in [2.45, 2.75) is 50.4 Å². The number of nitrogens with zero attached hydrogens (tertiary/aromatic N) is 6. The molecule has 2 N–H and O–H groups in total. The second-order valence-corrected chi connectivity index (χ2v) is 10.5. The molecule has 4 aromatic heterocycles. The minimum Gasteiger partial charge on any atom is -0.300 e. The molecule has 0 radical (unpaired) electrons. The van der Waals surface area contributed by atoms with Crippen LogP contribution in [0.2, 0.25) is 0 Å². The normalized spacial score (nSPS) is 17.4. The average molecular weight is 521 g/mol. The number of anilines is 2. The van der Waals surface area contributed by atoms with Crippen LogP contribution in [0.3, 0.4) is 0 Å². The maximum absolute atomic E-state index is 12.3. The van der Waals surface area contributed by atoms with E-state index in [1.807, 2.05) is 36.4 Å². The molecular formula is C24H24N8O2S2. The molecule has 1 fully saturated rings. The Labute approximate surface area is 215 Å². The van der Waals surface area contributed by atoms with Crippen molar-refractivity contribution >= 4 is 44.8 Å². The molecule has 4 heterocycles. The minimum atomic E-state index is -0.153. The Bertz CT molecular complexity index is 1200. The van der Waals surface area contributed by atoms with E-state index in [4.69, 9.17) is 0 Å². The first-order valence-electron chi connectivity index (χ1n) is 11.7. The van der Waals surface area contributed by atoms with Gasteiger partial charge in [0.05, 0.1) is 12.8 Å². The third-order valence-electron chi connectivity index (χ3n) is 5.94. The molecule has 0 spiro atoms. The zero-order chi connectivity index (χ0) is 24.7. The molecule has 5 rings (SSSR count). The molecule has 0 atom stereocenters. The van der Waals surface area contributed by atoms with E-state index < -0.39 is 0 Å². The maximum Gasteiger partial charge on any atom is 0.232 e. The largest absolute Gasteiger partial charge is 0.300 e. The van der Waals surface area contributed by atoms with Gasteiger partial charge in [-0.15, -0.1) is 20.4 Å². The van der Waals surface area contributed by atoms with Gasteiger partial charge in [-0.1, -0.05) is 34.8 Å². The minimum absolute atomic E-state index is 0.153. The second kappa shape index (κ2) is 11.4. The third-order valence-corrected chi connectivity index (χ3v) is 7.94. The molecule has 0 saturated heterocycles. The van der Waals surface area contributed by atoms with E-state index in [9.17, 15) is 9.59 Å². The van der Waals surface area contributed by atoms with E-state index in [0.717, 1.165) is 35.7 Å². The molecule has 12 heteroatoms. The molecule has 1 saturated carbocycles. The summed E-state index contributed by atoms with van der Waals surface area (Å²) < 4.78 is 0. The van der Waals surface area contributed by atoms with Gasteiger partial charge >= 0.3 is 0 Å². The summed E-state index contributed by atoms with van der Waals surface area (Å²) in [6.07, 6.45) is 7.59. The highest BCUT2D eigenvalue weighted by Crippen LogP contribution is 2.42. The molecule has 1 aliphatic carbocycles. The number of rotatable bonds is 8. The van der Waals surface area contributed by atoms with E-state index in [2.05, 4.69) is 41.0 Å². The van der Waals surface area contributed by atoms with Crippen LogP contribution in [0.5, 0.6) is 0 Å². The van der Waals surface area contributed by atoms with Crippen molar-refractivity contribution in [3.63, 3.8) is 0 Å². The lowest BCUT2D eigenvalue weighted by Crippen LogP contribution is -2.14. The van der Waals surface area contributed by atoms with E-state index in [1.165, 1.54) is 22.7 Å². The fourth-order valence-electron chi connectivity index (χ4n) is 4.15. The Hall–Kier alpha value is -3.64. The highest BCUT2D eigenvalue weighted by Gasteiger charge is 2.28. The number of hydrogen-bond acceptors (Lipinski definition) is 10. The van der Waals surface area contributed by atoms with Crippen molar-refractivity contribution in [2.24, 2.45) is 0 Å². The van der Waals surface area contributed by atoms with Crippen molar-refractivity contribution in [3.8, 4) is 0 Å². The van der Waals surface area contributed by atoms with Gasteiger partial charge in [-0.25, -0.2) is 0 Å². The van der Waals surface area contributed by atoms with Gasteiger partial charge in [-0.3, -0.25) is 19.6 Å². The summed E-state index contributed by atoms with van der Waals surface area (Å²) in [6, 6.07) is 11.0. The van der Waals surface area contributed by atoms with Gasteiger partial charge in [0.15, 0.2) is 0 Å². The molecule has 0 aromatic carbocycles. The van der Waals surface area contributed by atoms with Crippen LogP contribution in [-0.2, 0) is 22.4 Å². The molecule has 10 nitrogen and oxygen atoms in total. The number of carbonyl (C=O) groups excluding carboxylic acids is 2. The highest BCUT2D eigenvalue weighted by atomic mass is 32.1. The van der Waals surface area contributed by atoms with Crippen molar-refractivity contribution in [3.05, 3.63) is 70.2 Å². The molecule has 0 aliphatic heterocycles. The van der Waals surface area contributed by atoms with Crippen molar-refractivity contribution < 1.29 is 9.59 Å². The number of nitrogens with one attached hydrogen (secondary N) is 2. The van der Waals surface area contributed by atoms with E-state index in [1.54, 1.807) is 12.4 Å². The van der Waals surface area contributed by atoms with Gasteiger partial charge in [0.2, 0.25) is 22.1 Å². The standard InChI is InChI=1S/C24H24N8O2S2/c33-19(13-17-5-1-3-11-25-17)27-23-31-29-21(35-23)15-7-9-16(10-8-15)22-30-32-24(36-22)28-20(34)14-18-6-2-4-12-26-18/h1-6,11-12,15-16H,7-10,13-14H2,(H,27,31,33)(H,28,32,34)/t15-,16+. The van der Waals surface area contributed by atoms with Crippen LogP contribution in [0, 0.1) is 0 Å². The lowest BCUT2D eigenvalue weighted by atomic mass is 9.83. The van der Waals surface area contributed by atoms with Crippen LogP contribution in [0.4, 0.5) is 10.3 Å². The number of pyridine rings is 2. The van der Waals surface area contributed by atoms with Crippen LogP contribution in [0.25, 0.3) is 0 Å². The molecule has 0 unspecified atom stereocenters. The summed E-state index contributed by atoms with van der Waals surface area (Å²) in [7, 11) is 0. The van der Waals surface area contributed by atoms with Crippen molar-refractivity contribution in [1.29, 1.82) is 0 Å². The molecule has 0 bridgehead atoms. The topological polar surface area (TPSA) is 136 Å². The summed E-state index contributed by atoms with van der Waals surface area (Å²) in [5.74, 6) is 0.315. The first kappa shape index (κ1) is 24.1. The van der Waals surface area contributed by atoms with Crippen LogP contribution >= 0.6 is 22.7 Å². The molecule has 184 valence electrons. The second-order valence-electron chi connectivity index (χ2n) is 8.53. The van der Waals surface area contributed by atoms with Crippen LogP contribution in [0.15, 0.2) is 48.8 Å². The molecule has 1 aliphatic rings.